The van der Waals surface area contributed by atoms with Crippen LogP contribution in [0.4, 0.5) is 0 Å². The highest BCUT2D eigenvalue weighted by Crippen LogP contribution is 2.15. The van der Waals surface area contributed by atoms with Gasteiger partial charge in [0.15, 0.2) is 0 Å². The molecule has 0 radical (unpaired) electrons. The highest BCUT2D eigenvalue weighted by atomic mass is 16.6. The first-order valence-electron chi connectivity index (χ1n) is 4.84. The van der Waals surface area contributed by atoms with E-state index >= 15 is 0 Å². The molecule has 4 nitrogen and oxygen atoms in total. The van der Waals surface area contributed by atoms with Crippen molar-refractivity contribution < 1.29 is 4.92 Å². The number of rotatable bonds is 2. The van der Waals surface area contributed by atoms with Crippen LogP contribution in [0.25, 0.3) is 17.0 Å². The number of hydrogen-bond donors (Lipinski definition) is 0. The Bertz CT molecular complexity index is 576. The van der Waals surface area contributed by atoms with E-state index in [0.717, 1.165) is 16.5 Å². The maximum absolute atomic E-state index is 10.5. The van der Waals surface area contributed by atoms with Gasteiger partial charge in [-0.25, -0.2) is 0 Å². The third-order valence-electron chi connectivity index (χ3n) is 2.29. The monoisotopic (exact) mass is 214 g/mol. The summed E-state index contributed by atoms with van der Waals surface area (Å²) in [5.41, 5.74) is 1.83. The topological polar surface area (TPSA) is 56.0 Å². The van der Waals surface area contributed by atoms with Crippen LogP contribution < -0.4 is 0 Å². The summed E-state index contributed by atoms with van der Waals surface area (Å²) in [5.74, 6) is 0. The van der Waals surface area contributed by atoms with Gasteiger partial charge in [0.05, 0.1) is 10.4 Å². The standard InChI is InChI=1S/C12H10N2O2/c1-9(14(15)16)7-10-4-5-12-11(8-10)3-2-6-13-12/h2-8H,1H3/b9-7+. The van der Waals surface area contributed by atoms with Crippen LogP contribution in [0.15, 0.2) is 42.2 Å². The molecule has 2 aromatic rings. The van der Waals surface area contributed by atoms with Gasteiger partial charge in [0.25, 0.3) is 0 Å². The number of nitrogens with zero attached hydrogens (tertiary/aromatic N) is 2. The number of benzene rings is 1. The van der Waals surface area contributed by atoms with Crippen LogP contribution in [-0.4, -0.2) is 9.91 Å². The van der Waals surface area contributed by atoms with Crippen LogP contribution in [0.1, 0.15) is 12.5 Å². The van der Waals surface area contributed by atoms with E-state index in [2.05, 4.69) is 4.98 Å². The molecular weight excluding hydrogens is 204 g/mol. The van der Waals surface area contributed by atoms with Crippen molar-refractivity contribution in [2.45, 2.75) is 6.92 Å². The van der Waals surface area contributed by atoms with Crippen molar-refractivity contribution >= 4 is 17.0 Å². The Morgan fingerprint density at radius 3 is 3.00 bits per heavy atom. The molecule has 0 aliphatic rings. The number of nitro groups is 1. The van der Waals surface area contributed by atoms with Crippen molar-refractivity contribution in [3.05, 3.63) is 57.9 Å². The Morgan fingerprint density at radius 2 is 2.25 bits per heavy atom. The average Bonchev–Trinajstić information content (AvgIpc) is 2.28. The lowest BCUT2D eigenvalue weighted by Gasteiger charge is -1.98. The number of hydrogen-bond acceptors (Lipinski definition) is 3. The molecule has 80 valence electrons. The number of allylic oxidation sites excluding steroid dienone is 1. The number of aromatic nitrogens is 1. The minimum atomic E-state index is -0.395. The summed E-state index contributed by atoms with van der Waals surface area (Å²) in [6, 6.07) is 9.34. The maximum Gasteiger partial charge on any atom is 0.243 e. The lowest BCUT2D eigenvalue weighted by molar-refractivity contribution is -0.422. The van der Waals surface area contributed by atoms with E-state index < -0.39 is 4.92 Å². The summed E-state index contributed by atoms with van der Waals surface area (Å²) in [6.45, 7) is 1.48. The smallest absolute Gasteiger partial charge is 0.243 e. The van der Waals surface area contributed by atoms with Gasteiger partial charge in [0, 0.05) is 24.6 Å². The first-order chi connectivity index (χ1) is 7.66. The first kappa shape index (κ1) is 10.3. The second-order valence-electron chi connectivity index (χ2n) is 3.50. The highest BCUT2D eigenvalue weighted by Gasteiger charge is 2.02. The molecular formula is C12H10N2O2. The van der Waals surface area contributed by atoms with E-state index in [4.69, 9.17) is 0 Å². The van der Waals surface area contributed by atoms with Crippen molar-refractivity contribution in [3.8, 4) is 0 Å². The Balaban J connectivity index is 2.47. The van der Waals surface area contributed by atoms with E-state index in [0.29, 0.717) is 0 Å². The van der Waals surface area contributed by atoms with Gasteiger partial charge in [0.2, 0.25) is 5.70 Å². The summed E-state index contributed by atoms with van der Waals surface area (Å²) in [5, 5.41) is 11.5. The highest BCUT2D eigenvalue weighted by molar-refractivity contribution is 5.81. The van der Waals surface area contributed by atoms with Crippen molar-refractivity contribution in [3.63, 3.8) is 0 Å². The molecule has 0 aliphatic carbocycles. The molecule has 0 spiro atoms. The van der Waals surface area contributed by atoms with E-state index in [9.17, 15) is 10.1 Å². The van der Waals surface area contributed by atoms with Crippen LogP contribution in [0.3, 0.4) is 0 Å². The van der Waals surface area contributed by atoms with E-state index in [1.165, 1.54) is 6.92 Å². The summed E-state index contributed by atoms with van der Waals surface area (Å²) in [7, 11) is 0. The SMILES string of the molecule is C/C(=C\c1ccc2ncccc2c1)[N+](=O)[O-]. The molecule has 0 aliphatic heterocycles. The fourth-order valence-electron chi connectivity index (χ4n) is 1.48. The molecule has 0 bridgehead atoms. The fraction of sp³-hybridized carbons (Fsp3) is 0.0833. The second-order valence-corrected chi connectivity index (χ2v) is 3.50. The molecule has 0 saturated heterocycles. The molecule has 16 heavy (non-hydrogen) atoms. The van der Waals surface area contributed by atoms with Crippen LogP contribution in [0, 0.1) is 10.1 Å². The molecule has 0 unspecified atom stereocenters. The van der Waals surface area contributed by atoms with E-state index in [-0.39, 0.29) is 5.70 Å². The quantitative estimate of drug-likeness (QED) is 0.570. The molecule has 0 atom stereocenters. The van der Waals surface area contributed by atoms with Crippen LogP contribution in [0.2, 0.25) is 0 Å². The van der Waals surface area contributed by atoms with Crippen molar-refractivity contribution in [2.75, 3.05) is 0 Å². The van der Waals surface area contributed by atoms with Crippen LogP contribution in [-0.2, 0) is 0 Å². The average molecular weight is 214 g/mol. The van der Waals surface area contributed by atoms with Gasteiger partial charge in [-0.3, -0.25) is 15.1 Å². The van der Waals surface area contributed by atoms with Gasteiger partial charge in [-0.2, -0.15) is 0 Å². The van der Waals surface area contributed by atoms with Crippen LogP contribution in [0.5, 0.6) is 0 Å². The normalized spacial score (nSPS) is 11.7. The zero-order valence-electron chi connectivity index (χ0n) is 8.75. The Labute approximate surface area is 92.4 Å². The molecule has 4 heteroatoms. The lowest BCUT2D eigenvalue weighted by Crippen LogP contribution is -1.92. The molecule has 0 amide bonds. The Hall–Kier alpha value is -2.23. The molecule has 0 N–H and O–H groups in total. The van der Waals surface area contributed by atoms with Gasteiger partial charge in [-0.1, -0.05) is 12.1 Å². The third-order valence-corrected chi connectivity index (χ3v) is 2.29. The predicted octanol–water partition coefficient (Wildman–Crippen LogP) is 2.87. The molecule has 1 aromatic carbocycles. The predicted molar refractivity (Wildman–Crippen MR) is 62.4 cm³/mol. The molecule has 2 rings (SSSR count). The Kier molecular flexibility index (Phi) is 2.64. The summed E-state index contributed by atoms with van der Waals surface area (Å²) >= 11 is 0. The first-order valence-corrected chi connectivity index (χ1v) is 4.84. The van der Waals surface area contributed by atoms with Gasteiger partial charge >= 0.3 is 0 Å². The van der Waals surface area contributed by atoms with Gasteiger partial charge in [-0.05, 0) is 23.8 Å². The number of pyridine rings is 1. The minimum Gasteiger partial charge on any atom is -0.259 e. The minimum absolute atomic E-state index is 0.128. The maximum atomic E-state index is 10.5. The third kappa shape index (κ3) is 2.06. The zero-order chi connectivity index (χ0) is 11.5. The Morgan fingerprint density at radius 1 is 1.44 bits per heavy atom. The van der Waals surface area contributed by atoms with Crippen molar-refractivity contribution in [1.29, 1.82) is 0 Å². The molecule has 0 saturated carbocycles. The van der Waals surface area contributed by atoms with Gasteiger partial charge in [-0.15, -0.1) is 0 Å². The van der Waals surface area contributed by atoms with E-state index in [1.807, 2.05) is 30.3 Å². The zero-order valence-corrected chi connectivity index (χ0v) is 8.75. The number of fused-ring (bicyclic) bond motifs is 1. The summed E-state index contributed by atoms with van der Waals surface area (Å²) in [4.78, 5) is 14.3. The molecule has 1 aromatic heterocycles. The molecule has 1 heterocycles. The van der Waals surface area contributed by atoms with E-state index in [1.54, 1.807) is 12.3 Å². The van der Waals surface area contributed by atoms with Gasteiger partial charge in [0.1, 0.15) is 0 Å². The fourth-order valence-corrected chi connectivity index (χ4v) is 1.48. The van der Waals surface area contributed by atoms with Crippen molar-refractivity contribution in [2.24, 2.45) is 0 Å². The summed E-state index contributed by atoms with van der Waals surface area (Å²) < 4.78 is 0. The van der Waals surface area contributed by atoms with Gasteiger partial charge < -0.3 is 0 Å². The summed E-state index contributed by atoms with van der Waals surface area (Å²) in [6.07, 6.45) is 3.27. The van der Waals surface area contributed by atoms with Crippen LogP contribution >= 0.6 is 0 Å². The largest absolute Gasteiger partial charge is 0.259 e. The lowest BCUT2D eigenvalue weighted by atomic mass is 10.1. The van der Waals surface area contributed by atoms with Crippen molar-refractivity contribution in [1.82, 2.24) is 4.98 Å². The second kappa shape index (κ2) is 4.10. The molecule has 0 fully saturated rings.